The fraction of sp³-hybridized carbons (Fsp3) is 0.562. The monoisotopic (exact) mass is 324 g/mol. The summed E-state index contributed by atoms with van der Waals surface area (Å²) in [5.74, 6) is 1.82. The number of fused-ring (bicyclic) bond motifs is 1. The molecular formula is C16H21ClN2OS. The van der Waals surface area contributed by atoms with E-state index < -0.39 is 0 Å². The van der Waals surface area contributed by atoms with Crippen molar-refractivity contribution in [1.29, 1.82) is 0 Å². The van der Waals surface area contributed by atoms with E-state index in [1.807, 2.05) is 30.8 Å². The van der Waals surface area contributed by atoms with E-state index in [1.165, 1.54) is 19.3 Å². The molecule has 1 saturated carbocycles. The maximum absolute atomic E-state index is 6.37. The summed E-state index contributed by atoms with van der Waals surface area (Å²) >= 11 is 8.34. The van der Waals surface area contributed by atoms with E-state index in [9.17, 15) is 0 Å². The van der Waals surface area contributed by atoms with Gasteiger partial charge in [-0.15, -0.1) is 11.6 Å². The predicted octanol–water partition coefficient (Wildman–Crippen LogP) is 4.63. The summed E-state index contributed by atoms with van der Waals surface area (Å²) in [6, 6.07) is 6.04. The van der Waals surface area contributed by atoms with Crippen LogP contribution in [0.25, 0.3) is 11.0 Å². The molecule has 5 heteroatoms. The molecule has 1 aromatic heterocycles. The lowest BCUT2D eigenvalue weighted by atomic mass is 9.84. The molecular weight excluding hydrogens is 304 g/mol. The molecule has 114 valence electrons. The van der Waals surface area contributed by atoms with Crippen molar-refractivity contribution in [2.24, 2.45) is 0 Å². The first-order valence-corrected chi connectivity index (χ1v) is 8.98. The Bertz CT molecular complexity index is 643. The quantitative estimate of drug-likeness (QED) is 0.750. The lowest BCUT2D eigenvalue weighted by Crippen LogP contribution is -2.38. The Balaban J connectivity index is 2.10. The Labute approximate surface area is 135 Å². The highest BCUT2D eigenvalue weighted by Crippen LogP contribution is 2.45. The van der Waals surface area contributed by atoms with Crippen LogP contribution >= 0.6 is 23.4 Å². The molecule has 3 nitrogen and oxygen atoms in total. The number of hydrogen-bond acceptors (Lipinski definition) is 3. The summed E-state index contributed by atoms with van der Waals surface area (Å²) in [5, 5.41) is -0.0950. The zero-order valence-corrected chi connectivity index (χ0v) is 14.3. The topological polar surface area (TPSA) is 27.1 Å². The average molecular weight is 325 g/mol. The van der Waals surface area contributed by atoms with Crippen LogP contribution in [0.4, 0.5) is 0 Å². The third-order valence-electron chi connectivity index (χ3n) is 4.48. The maximum Gasteiger partial charge on any atom is 0.127 e. The van der Waals surface area contributed by atoms with E-state index in [0.717, 1.165) is 29.2 Å². The summed E-state index contributed by atoms with van der Waals surface area (Å²) in [6.45, 7) is 2.97. The summed E-state index contributed by atoms with van der Waals surface area (Å²) in [5.41, 5.74) is 2.12. The molecule has 1 unspecified atom stereocenters. The minimum absolute atomic E-state index is 0.0950. The molecule has 0 amide bonds. The van der Waals surface area contributed by atoms with Crippen LogP contribution in [-0.4, -0.2) is 27.7 Å². The van der Waals surface area contributed by atoms with Gasteiger partial charge in [-0.25, -0.2) is 4.98 Å². The van der Waals surface area contributed by atoms with Gasteiger partial charge < -0.3 is 9.30 Å². The van der Waals surface area contributed by atoms with Gasteiger partial charge >= 0.3 is 0 Å². The van der Waals surface area contributed by atoms with Gasteiger partial charge in [-0.1, -0.05) is 6.42 Å². The minimum Gasteiger partial charge on any atom is -0.497 e. The molecule has 1 heterocycles. The predicted molar refractivity (Wildman–Crippen MR) is 90.7 cm³/mol. The van der Waals surface area contributed by atoms with Crippen molar-refractivity contribution in [3.8, 4) is 5.75 Å². The third kappa shape index (κ3) is 2.64. The molecule has 0 radical (unpaired) electrons. The molecule has 0 aliphatic heterocycles. The van der Waals surface area contributed by atoms with Crippen molar-refractivity contribution in [3.63, 3.8) is 0 Å². The highest BCUT2D eigenvalue weighted by molar-refractivity contribution is 8.00. The van der Waals surface area contributed by atoms with E-state index in [4.69, 9.17) is 21.3 Å². The van der Waals surface area contributed by atoms with Crippen molar-refractivity contribution in [2.75, 3.05) is 13.4 Å². The molecule has 0 spiro atoms. The molecule has 1 atom stereocenters. The molecule has 1 aliphatic carbocycles. The fourth-order valence-electron chi connectivity index (χ4n) is 3.00. The van der Waals surface area contributed by atoms with Crippen LogP contribution in [0.3, 0.4) is 0 Å². The maximum atomic E-state index is 6.37. The number of imidazole rings is 1. The Hall–Kier alpha value is -0.870. The lowest BCUT2D eigenvalue weighted by Gasteiger charge is -2.41. The van der Waals surface area contributed by atoms with E-state index in [-0.39, 0.29) is 5.38 Å². The fourth-order valence-corrected chi connectivity index (χ4v) is 4.13. The first-order valence-electron chi connectivity index (χ1n) is 7.32. The van der Waals surface area contributed by atoms with Gasteiger partial charge in [0.05, 0.1) is 23.5 Å². The van der Waals surface area contributed by atoms with Gasteiger partial charge in [0.15, 0.2) is 0 Å². The largest absolute Gasteiger partial charge is 0.497 e. The molecule has 1 aromatic carbocycles. The smallest absolute Gasteiger partial charge is 0.127 e. The molecule has 1 fully saturated rings. The normalized spacial score (nSPS) is 18.5. The Kier molecular flexibility index (Phi) is 4.10. The number of benzene rings is 1. The number of rotatable bonds is 5. The second-order valence-electron chi connectivity index (χ2n) is 5.77. The van der Waals surface area contributed by atoms with Gasteiger partial charge in [0.25, 0.3) is 0 Å². The SMILES string of the molecule is COc1ccc2nc(C(C)Cl)n(CC3(SC)CCC3)c2c1. The second-order valence-corrected chi connectivity index (χ2v) is 7.70. The van der Waals surface area contributed by atoms with E-state index in [2.05, 4.69) is 16.9 Å². The molecule has 2 aromatic rings. The van der Waals surface area contributed by atoms with Crippen molar-refractivity contribution in [1.82, 2.24) is 9.55 Å². The van der Waals surface area contributed by atoms with Crippen molar-refractivity contribution >= 4 is 34.4 Å². The van der Waals surface area contributed by atoms with Gasteiger partial charge in [0.2, 0.25) is 0 Å². The number of halogens is 1. The van der Waals surface area contributed by atoms with Gasteiger partial charge in [-0.3, -0.25) is 0 Å². The molecule has 21 heavy (non-hydrogen) atoms. The number of thioether (sulfide) groups is 1. The highest BCUT2D eigenvalue weighted by Gasteiger charge is 2.37. The first kappa shape index (κ1) is 15.0. The van der Waals surface area contributed by atoms with Crippen LogP contribution in [0.15, 0.2) is 18.2 Å². The Morgan fingerprint density at radius 1 is 1.48 bits per heavy atom. The third-order valence-corrected chi connectivity index (χ3v) is 6.08. The van der Waals surface area contributed by atoms with Gasteiger partial charge in [0, 0.05) is 17.4 Å². The zero-order chi connectivity index (χ0) is 15.0. The number of aromatic nitrogens is 2. The van der Waals surface area contributed by atoms with Gasteiger partial charge in [0.1, 0.15) is 11.6 Å². The summed E-state index contributed by atoms with van der Waals surface area (Å²) in [4.78, 5) is 4.73. The number of ether oxygens (including phenoxy) is 1. The van der Waals surface area contributed by atoms with Crippen molar-refractivity contribution in [2.45, 2.75) is 42.9 Å². The minimum atomic E-state index is -0.0950. The van der Waals surface area contributed by atoms with Crippen LogP contribution in [0, 0.1) is 0 Å². The summed E-state index contributed by atoms with van der Waals surface area (Å²) < 4.78 is 8.01. The number of nitrogens with zero attached hydrogens (tertiary/aromatic N) is 2. The standard InChI is InChI=1S/C16H21ClN2OS/c1-11(17)15-18-13-6-5-12(20-2)9-14(13)19(15)10-16(21-3)7-4-8-16/h5-6,9,11H,4,7-8,10H2,1-3H3. The van der Waals surface area contributed by atoms with Gasteiger partial charge in [-0.05, 0) is 38.2 Å². The molecule has 1 aliphatic rings. The summed E-state index contributed by atoms with van der Waals surface area (Å²) in [6.07, 6.45) is 6.08. The Morgan fingerprint density at radius 2 is 2.24 bits per heavy atom. The van der Waals surface area contributed by atoms with Crippen molar-refractivity contribution in [3.05, 3.63) is 24.0 Å². The first-order chi connectivity index (χ1) is 10.1. The van der Waals surface area contributed by atoms with Gasteiger partial charge in [-0.2, -0.15) is 11.8 Å². The second kappa shape index (κ2) is 5.73. The van der Waals surface area contributed by atoms with Crippen LogP contribution in [0.5, 0.6) is 5.75 Å². The number of hydrogen-bond donors (Lipinski definition) is 0. The van der Waals surface area contributed by atoms with Crippen molar-refractivity contribution < 1.29 is 4.74 Å². The van der Waals surface area contributed by atoms with Crippen LogP contribution in [-0.2, 0) is 6.54 Å². The van der Waals surface area contributed by atoms with E-state index in [0.29, 0.717) is 4.75 Å². The summed E-state index contributed by atoms with van der Waals surface area (Å²) in [7, 11) is 1.70. The highest BCUT2D eigenvalue weighted by atomic mass is 35.5. The average Bonchev–Trinajstić information content (AvgIpc) is 2.80. The number of methoxy groups -OCH3 is 1. The number of alkyl halides is 1. The lowest BCUT2D eigenvalue weighted by molar-refractivity contribution is 0.321. The molecule has 3 rings (SSSR count). The van der Waals surface area contributed by atoms with E-state index >= 15 is 0 Å². The molecule has 0 saturated heterocycles. The molecule has 0 bridgehead atoms. The van der Waals surface area contributed by atoms with Crippen LogP contribution in [0.2, 0.25) is 0 Å². The van der Waals surface area contributed by atoms with E-state index in [1.54, 1.807) is 7.11 Å². The Morgan fingerprint density at radius 3 is 2.76 bits per heavy atom. The van der Waals surface area contributed by atoms with Crippen LogP contribution < -0.4 is 4.74 Å². The van der Waals surface area contributed by atoms with Crippen LogP contribution in [0.1, 0.15) is 37.4 Å². The zero-order valence-electron chi connectivity index (χ0n) is 12.7. The molecule has 0 N–H and O–H groups in total.